The number of hydrogen-bond acceptors (Lipinski definition) is 2. The van der Waals surface area contributed by atoms with Crippen molar-refractivity contribution in [3.8, 4) is 0 Å². The normalized spacial score (nSPS) is 35.1. The molecule has 2 aliphatic rings. The minimum atomic E-state index is 0. The van der Waals surface area contributed by atoms with Crippen LogP contribution >= 0.6 is 12.4 Å². The number of halogens is 1. The van der Waals surface area contributed by atoms with E-state index in [1.807, 2.05) is 0 Å². The standard InChI is InChI=1S/C7H13NO.ClH/c8-6-2-1-5-9-7(6)3-4-7;/h6H,1-5,8H2;1H/t6-;/m1./s1. The van der Waals surface area contributed by atoms with Crippen LogP contribution in [0.1, 0.15) is 25.7 Å². The average molecular weight is 164 g/mol. The first-order valence-electron chi connectivity index (χ1n) is 3.73. The fourth-order valence-electron chi connectivity index (χ4n) is 1.59. The minimum absolute atomic E-state index is 0. The Hall–Kier alpha value is 0.210. The van der Waals surface area contributed by atoms with Crippen LogP contribution in [0.2, 0.25) is 0 Å². The molecule has 1 spiro atoms. The zero-order valence-corrected chi connectivity index (χ0v) is 6.82. The molecule has 10 heavy (non-hydrogen) atoms. The SMILES string of the molecule is Cl.N[C@@H]1CCCOC12CC2. The van der Waals surface area contributed by atoms with Gasteiger partial charge in [-0.1, -0.05) is 0 Å². The van der Waals surface area contributed by atoms with Gasteiger partial charge in [-0.3, -0.25) is 0 Å². The Balaban J connectivity index is 0.000000500. The summed E-state index contributed by atoms with van der Waals surface area (Å²) in [7, 11) is 0. The molecule has 2 nitrogen and oxygen atoms in total. The van der Waals surface area contributed by atoms with E-state index in [-0.39, 0.29) is 18.0 Å². The van der Waals surface area contributed by atoms with Gasteiger partial charge in [0.05, 0.1) is 5.60 Å². The molecule has 1 heterocycles. The van der Waals surface area contributed by atoms with Crippen LogP contribution in [0.4, 0.5) is 0 Å². The van der Waals surface area contributed by atoms with Gasteiger partial charge in [-0.15, -0.1) is 12.4 Å². The number of nitrogens with two attached hydrogens (primary N) is 1. The molecule has 0 aromatic carbocycles. The lowest BCUT2D eigenvalue weighted by atomic mass is 10.0. The van der Waals surface area contributed by atoms with Gasteiger partial charge >= 0.3 is 0 Å². The van der Waals surface area contributed by atoms with Crippen LogP contribution in [0, 0.1) is 0 Å². The molecule has 1 aliphatic heterocycles. The Labute approximate surface area is 67.5 Å². The first-order chi connectivity index (χ1) is 4.33. The third-order valence-electron chi connectivity index (χ3n) is 2.47. The van der Waals surface area contributed by atoms with Crippen molar-refractivity contribution >= 4 is 12.4 Å². The summed E-state index contributed by atoms with van der Waals surface area (Å²) in [6, 6.07) is 0.339. The maximum absolute atomic E-state index is 5.85. The van der Waals surface area contributed by atoms with Crippen LogP contribution in [0.5, 0.6) is 0 Å². The van der Waals surface area contributed by atoms with E-state index in [0.717, 1.165) is 13.0 Å². The molecule has 2 rings (SSSR count). The highest BCUT2D eigenvalue weighted by Crippen LogP contribution is 2.45. The van der Waals surface area contributed by atoms with E-state index in [4.69, 9.17) is 10.5 Å². The predicted molar refractivity (Wildman–Crippen MR) is 42.4 cm³/mol. The first kappa shape index (κ1) is 8.31. The minimum Gasteiger partial charge on any atom is -0.373 e. The van der Waals surface area contributed by atoms with Crippen LogP contribution in [0.3, 0.4) is 0 Å². The molecule has 3 heteroatoms. The lowest BCUT2D eigenvalue weighted by Crippen LogP contribution is -2.42. The van der Waals surface area contributed by atoms with Gasteiger partial charge in [0.2, 0.25) is 0 Å². The maximum Gasteiger partial charge on any atom is 0.0834 e. The maximum atomic E-state index is 5.85. The van der Waals surface area contributed by atoms with E-state index < -0.39 is 0 Å². The van der Waals surface area contributed by atoms with Gasteiger partial charge in [0, 0.05) is 12.6 Å². The molecule has 2 fully saturated rings. The summed E-state index contributed by atoms with van der Waals surface area (Å²) in [6.45, 7) is 0.938. The van der Waals surface area contributed by atoms with Gasteiger partial charge in [0.15, 0.2) is 0 Å². The highest BCUT2D eigenvalue weighted by atomic mass is 35.5. The fourth-order valence-corrected chi connectivity index (χ4v) is 1.59. The molecule has 1 saturated carbocycles. The van der Waals surface area contributed by atoms with Gasteiger partial charge in [0.25, 0.3) is 0 Å². The average Bonchev–Trinajstić information content (AvgIpc) is 2.60. The topological polar surface area (TPSA) is 35.2 Å². The molecule has 0 bridgehead atoms. The molecule has 2 N–H and O–H groups in total. The van der Waals surface area contributed by atoms with Crippen molar-refractivity contribution in [2.24, 2.45) is 5.73 Å². The van der Waals surface area contributed by atoms with Crippen LogP contribution in [-0.4, -0.2) is 18.2 Å². The molecule has 1 atom stereocenters. The highest BCUT2D eigenvalue weighted by molar-refractivity contribution is 5.85. The van der Waals surface area contributed by atoms with Crippen molar-refractivity contribution in [3.05, 3.63) is 0 Å². The molecule has 1 saturated heterocycles. The molecular weight excluding hydrogens is 150 g/mol. The molecule has 0 radical (unpaired) electrons. The highest BCUT2D eigenvalue weighted by Gasteiger charge is 2.50. The Morgan fingerprint density at radius 3 is 2.50 bits per heavy atom. The third-order valence-corrected chi connectivity index (χ3v) is 2.47. The molecule has 60 valence electrons. The molecule has 0 aromatic rings. The van der Waals surface area contributed by atoms with E-state index in [0.29, 0.717) is 6.04 Å². The number of hydrogen-bond donors (Lipinski definition) is 1. The second-order valence-electron chi connectivity index (χ2n) is 3.16. The summed E-state index contributed by atoms with van der Waals surface area (Å²) in [5, 5.41) is 0. The van der Waals surface area contributed by atoms with Gasteiger partial charge in [-0.25, -0.2) is 0 Å². The van der Waals surface area contributed by atoms with Crippen LogP contribution in [0.15, 0.2) is 0 Å². The lowest BCUT2D eigenvalue weighted by molar-refractivity contribution is -0.0187. The summed E-state index contributed by atoms with van der Waals surface area (Å²) in [5.74, 6) is 0. The molecule has 0 amide bonds. The molecule has 0 unspecified atom stereocenters. The van der Waals surface area contributed by atoms with Crippen LogP contribution in [0.25, 0.3) is 0 Å². The van der Waals surface area contributed by atoms with E-state index in [2.05, 4.69) is 0 Å². The summed E-state index contributed by atoms with van der Waals surface area (Å²) < 4.78 is 5.56. The van der Waals surface area contributed by atoms with Crippen molar-refractivity contribution in [1.29, 1.82) is 0 Å². The van der Waals surface area contributed by atoms with Crippen molar-refractivity contribution in [2.75, 3.05) is 6.61 Å². The summed E-state index contributed by atoms with van der Waals surface area (Å²) in [6.07, 6.45) is 4.73. The molecule has 1 aliphatic carbocycles. The summed E-state index contributed by atoms with van der Waals surface area (Å²) in [5.41, 5.74) is 6.01. The second kappa shape index (κ2) is 2.68. The number of rotatable bonds is 0. The number of ether oxygens (including phenoxy) is 1. The van der Waals surface area contributed by atoms with Gasteiger partial charge in [-0.2, -0.15) is 0 Å². The Kier molecular flexibility index (Phi) is 2.23. The van der Waals surface area contributed by atoms with Crippen LogP contribution < -0.4 is 5.73 Å². The Morgan fingerprint density at radius 2 is 2.10 bits per heavy atom. The summed E-state index contributed by atoms with van der Waals surface area (Å²) >= 11 is 0. The Morgan fingerprint density at radius 1 is 1.40 bits per heavy atom. The van der Waals surface area contributed by atoms with E-state index in [1.54, 1.807) is 0 Å². The zero-order chi connectivity index (χ0) is 6.32. The van der Waals surface area contributed by atoms with Crippen molar-refractivity contribution in [2.45, 2.75) is 37.3 Å². The van der Waals surface area contributed by atoms with E-state index in [1.165, 1.54) is 19.3 Å². The van der Waals surface area contributed by atoms with Crippen molar-refractivity contribution in [1.82, 2.24) is 0 Å². The quantitative estimate of drug-likeness (QED) is 0.580. The van der Waals surface area contributed by atoms with Gasteiger partial charge in [0.1, 0.15) is 0 Å². The van der Waals surface area contributed by atoms with Crippen LogP contribution in [-0.2, 0) is 4.74 Å². The molecule has 0 aromatic heterocycles. The monoisotopic (exact) mass is 163 g/mol. The van der Waals surface area contributed by atoms with Crippen molar-refractivity contribution < 1.29 is 4.74 Å². The summed E-state index contributed by atoms with van der Waals surface area (Å²) in [4.78, 5) is 0. The second-order valence-corrected chi connectivity index (χ2v) is 3.16. The first-order valence-corrected chi connectivity index (χ1v) is 3.73. The zero-order valence-electron chi connectivity index (χ0n) is 6.01. The fraction of sp³-hybridized carbons (Fsp3) is 1.00. The smallest absolute Gasteiger partial charge is 0.0834 e. The van der Waals surface area contributed by atoms with Gasteiger partial charge in [-0.05, 0) is 25.7 Å². The van der Waals surface area contributed by atoms with E-state index >= 15 is 0 Å². The third kappa shape index (κ3) is 1.16. The Bertz CT molecular complexity index is 125. The molecular formula is C7H14ClNO. The largest absolute Gasteiger partial charge is 0.373 e. The van der Waals surface area contributed by atoms with Gasteiger partial charge < -0.3 is 10.5 Å². The predicted octanol–water partition coefficient (Wildman–Crippen LogP) is 1.08. The lowest BCUT2D eigenvalue weighted by Gasteiger charge is -2.28. The van der Waals surface area contributed by atoms with Crippen molar-refractivity contribution in [3.63, 3.8) is 0 Å². The van der Waals surface area contributed by atoms with E-state index in [9.17, 15) is 0 Å².